The SMILES string of the molecule is C=Cn1cc(CN[C@@H]2C[C@H](OCC)C23CCOCC3)cn1. The van der Waals surface area contributed by atoms with E-state index in [0.717, 1.165) is 45.6 Å². The number of ether oxygens (including phenoxy) is 2. The van der Waals surface area contributed by atoms with Gasteiger partial charge in [-0.25, -0.2) is 4.68 Å². The molecule has 5 nitrogen and oxygen atoms in total. The third-order valence-electron chi connectivity index (χ3n) is 4.97. The van der Waals surface area contributed by atoms with Crippen LogP contribution in [0, 0.1) is 5.41 Å². The number of hydrogen-bond acceptors (Lipinski definition) is 4. The molecule has 2 atom stereocenters. The summed E-state index contributed by atoms with van der Waals surface area (Å²) in [5, 5.41) is 7.92. The zero-order chi connectivity index (χ0) is 14.7. The lowest BCUT2D eigenvalue weighted by Gasteiger charge is -2.57. The van der Waals surface area contributed by atoms with Crippen LogP contribution in [0.2, 0.25) is 0 Å². The summed E-state index contributed by atoms with van der Waals surface area (Å²) in [5.74, 6) is 0. The molecule has 2 heterocycles. The van der Waals surface area contributed by atoms with Gasteiger partial charge in [-0.2, -0.15) is 5.10 Å². The molecule has 3 rings (SSSR count). The predicted octanol–water partition coefficient (Wildman–Crippen LogP) is 2.05. The van der Waals surface area contributed by atoms with Crippen LogP contribution >= 0.6 is 0 Å². The van der Waals surface area contributed by atoms with E-state index >= 15 is 0 Å². The van der Waals surface area contributed by atoms with Gasteiger partial charge in [-0.05, 0) is 26.2 Å². The second kappa shape index (κ2) is 6.30. The summed E-state index contributed by atoms with van der Waals surface area (Å²) in [5.41, 5.74) is 1.46. The molecular weight excluding hydrogens is 266 g/mol. The number of aromatic nitrogens is 2. The van der Waals surface area contributed by atoms with Crippen molar-refractivity contribution in [2.24, 2.45) is 5.41 Å². The number of nitrogens with one attached hydrogen (secondary N) is 1. The van der Waals surface area contributed by atoms with E-state index in [1.54, 1.807) is 10.9 Å². The Balaban J connectivity index is 1.60. The van der Waals surface area contributed by atoms with E-state index < -0.39 is 0 Å². The lowest BCUT2D eigenvalue weighted by atomic mass is 9.57. The van der Waals surface area contributed by atoms with E-state index in [9.17, 15) is 0 Å². The van der Waals surface area contributed by atoms with Crippen molar-refractivity contribution in [2.75, 3.05) is 19.8 Å². The van der Waals surface area contributed by atoms with Crippen LogP contribution in [-0.2, 0) is 16.0 Å². The van der Waals surface area contributed by atoms with Crippen LogP contribution in [-0.4, -0.2) is 41.7 Å². The molecule has 0 aromatic carbocycles. The first-order chi connectivity index (χ1) is 10.3. The minimum absolute atomic E-state index is 0.267. The van der Waals surface area contributed by atoms with Crippen LogP contribution in [0.1, 0.15) is 31.7 Å². The molecule has 1 spiro atoms. The van der Waals surface area contributed by atoms with E-state index in [2.05, 4.69) is 23.9 Å². The fraction of sp³-hybridized carbons (Fsp3) is 0.688. The number of nitrogens with zero attached hydrogens (tertiary/aromatic N) is 2. The molecule has 1 aromatic rings. The molecule has 1 saturated carbocycles. The third kappa shape index (κ3) is 2.78. The standard InChI is InChI=1S/C16H25N3O2/c1-3-19-12-13(11-18-19)10-17-14-9-15(21-4-2)16(14)5-7-20-8-6-16/h3,11-12,14-15,17H,1,4-10H2,2H3/t14-,15+/m1/s1. The molecule has 5 heteroatoms. The molecule has 2 aliphatic rings. The Kier molecular flexibility index (Phi) is 4.42. The van der Waals surface area contributed by atoms with Crippen LogP contribution < -0.4 is 5.32 Å². The summed E-state index contributed by atoms with van der Waals surface area (Å²) in [7, 11) is 0. The Morgan fingerprint density at radius 3 is 3.05 bits per heavy atom. The first kappa shape index (κ1) is 14.8. The normalized spacial score (nSPS) is 27.5. The fourth-order valence-electron chi connectivity index (χ4n) is 3.70. The number of rotatable bonds is 6. The lowest BCUT2D eigenvalue weighted by Crippen LogP contribution is -2.65. The molecule has 0 unspecified atom stereocenters. The average Bonchev–Trinajstić information content (AvgIpc) is 2.99. The van der Waals surface area contributed by atoms with Crippen molar-refractivity contribution in [1.82, 2.24) is 15.1 Å². The van der Waals surface area contributed by atoms with E-state index in [1.165, 1.54) is 5.56 Å². The molecule has 1 saturated heterocycles. The predicted molar refractivity (Wildman–Crippen MR) is 81.8 cm³/mol. The van der Waals surface area contributed by atoms with Crippen molar-refractivity contribution in [3.8, 4) is 0 Å². The zero-order valence-corrected chi connectivity index (χ0v) is 12.8. The van der Waals surface area contributed by atoms with Crippen molar-refractivity contribution in [3.05, 3.63) is 24.5 Å². The highest BCUT2D eigenvalue weighted by Gasteiger charge is 2.55. The summed E-state index contributed by atoms with van der Waals surface area (Å²) in [6.07, 6.45) is 9.29. The van der Waals surface area contributed by atoms with Gasteiger partial charge in [-0.1, -0.05) is 6.58 Å². The van der Waals surface area contributed by atoms with Gasteiger partial charge in [-0.15, -0.1) is 0 Å². The van der Waals surface area contributed by atoms with Gasteiger partial charge in [0.1, 0.15) is 0 Å². The van der Waals surface area contributed by atoms with Gasteiger partial charge in [0.2, 0.25) is 0 Å². The van der Waals surface area contributed by atoms with E-state index in [1.807, 2.05) is 12.4 Å². The third-order valence-corrected chi connectivity index (χ3v) is 4.97. The van der Waals surface area contributed by atoms with E-state index in [-0.39, 0.29) is 5.41 Å². The second-order valence-corrected chi connectivity index (χ2v) is 5.97. The first-order valence-electron chi connectivity index (χ1n) is 7.87. The van der Waals surface area contributed by atoms with Crippen molar-refractivity contribution in [3.63, 3.8) is 0 Å². The van der Waals surface area contributed by atoms with Crippen molar-refractivity contribution in [1.29, 1.82) is 0 Å². The van der Waals surface area contributed by atoms with Crippen molar-refractivity contribution >= 4 is 6.20 Å². The summed E-state index contributed by atoms with van der Waals surface area (Å²) >= 11 is 0. The van der Waals surface area contributed by atoms with Crippen molar-refractivity contribution in [2.45, 2.75) is 44.9 Å². The first-order valence-corrected chi connectivity index (χ1v) is 7.87. The maximum Gasteiger partial charge on any atom is 0.0662 e. The highest BCUT2D eigenvalue weighted by molar-refractivity contribution is 5.18. The monoisotopic (exact) mass is 291 g/mol. The minimum atomic E-state index is 0.267. The van der Waals surface area contributed by atoms with E-state index in [4.69, 9.17) is 9.47 Å². The molecule has 1 aliphatic carbocycles. The molecule has 2 fully saturated rings. The van der Waals surface area contributed by atoms with Crippen LogP contribution in [0.3, 0.4) is 0 Å². The molecule has 1 aromatic heterocycles. The number of hydrogen-bond donors (Lipinski definition) is 1. The average molecular weight is 291 g/mol. The zero-order valence-electron chi connectivity index (χ0n) is 12.8. The van der Waals surface area contributed by atoms with Gasteiger partial charge >= 0.3 is 0 Å². The molecule has 1 N–H and O–H groups in total. The maximum atomic E-state index is 5.95. The van der Waals surface area contributed by atoms with Gasteiger partial charge in [-0.3, -0.25) is 0 Å². The molecule has 21 heavy (non-hydrogen) atoms. The topological polar surface area (TPSA) is 48.3 Å². The Morgan fingerprint density at radius 1 is 1.57 bits per heavy atom. The maximum absolute atomic E-state index is 5.95. The quantitative estimate of drug-likeness (QED) is 0.871. The van der Waals surface area contributed by atoms with Gasteiger partial charge in [0.15, 0.2) is 0 Å². The summed E-state index contributed by atoms with van der Waals surface area (Å²) in [6, 6.07) is 0.519. The van der Waals surface area contributed by atoms with E-state index in [0.29, 0.717) is 12.1 Å². The Morgan fingerprint density at radius 2 is 2.38 bits per heavy atom. The van der Waals surface area contributed by atoms with Crippen LogP contribution in [0.15, 0.2) is 19.0 Å². The van der Waals surface area contributed by atoms with Crippen LogP contribution in [0.5, 0.6) is 0 Å². The second-order valence-electron chi connectivity index (χ2n) is 5.97. The highest BCUT2D eigenvalue weighted by Crippen LogP contribution is 2.50. The molecule has 1 aliphatic heterocycles. The summed E-state index contributed by atoms with van der Waals surface area (Å²) in [6.45, 7) is 9.16. The van der Waals surface area contributed by atoms with Gasteiger partial charge in [0, 0.05) is 55.8 Å². The Labute approximate surface area is 126 Å². The fourth-order valence-corrected chi connectivity index (χ4v) is 3.70. The van der Waals surface area contributed by atoms with Gasteiger partial charge in [0.05, 0.1) is 12.3 Å². The summed E-state index contributed by atoms with van der Waals surface area (Å²) in [4.78, 5) is 0. The Hall–Kier alpha value is -1.17. The molecule has 0 radical (unpaired) electrons. The molecule has 0 bridgehead atoms. The van der Waals surface area contributed by atoms with Gasteiger partial charge < -0.3 is 14.8 Å². The highest BCUT2D eigenvalue weighted by atomic mass is 16.5. The van der Waals surface area contributed by atoms with Crippen molar-refractivity contribution < 1.29 is 9.47 Å². The van der Waals surface area contributed by atoms with Crippen LogP contribution in [0.25, 0.3) is 6.20 Å². The smallest absolute Gasteiger partial charge is 0.0662 e. The molecule has 116 valence electrons. The van der Waals surface area contributed by atoms with Crippen LogP contribution in [0.4, 0.5) is 0 Å². The molecular formula is C16H25N3O2. The van der Waals surface area contributed by atoms with Gasteiger partial charge in [0.25, 0.3) is 0 Å². The minimum Gasteiger partial charge on any atom is -0.381 e. The lowest BCUT2D eigenvalue weighted by molar-refractivity contribution is -0.173. The summed E-state index contributed by atoms with van der Waals surface area (Å²) < 4.78 is 13.2. The Bertz CT molecular complexity index is 480. The largest absolute Gasteiger partial charge is 0.381 e. The molecule has 0 amide bonds.